The Morgan fingerprint density at radius 2 is 2.11 bits per heavy atom. The fourth-order valence-electron chi connectivity index (χ4n) is 0.505. The maximum absolute atomic E-state index is 9.99. The van der Waals surface area contributed by atoms with Crippen LogP contribution in [0.15, 0.2) is 0 Å². The molecule has 0 rings (SSSR count). The molecule has 1 atom stereocenters. The zero-order valence-electron chi connectivity index (χ0n) is 5.92. The molecule has 0 fully saturated rings. The van der Waals surface area contributed by atoms with Crippen LogP contribution < -0.4 is 0 Å². The summed E-state index contributed by atoms with van der Waals surface area (Å²) < 4.78 is 4.77. The van der Waals surface area contributed by atoms with Crippen molar-refractivity contribution in [2.45, 2.75) is 32.7 Å². The molecule has 0 aliphatic heterocycles. The molecule has 3 heteroatoms. The Hall–Kier alpha value is -0.410. The van der Waals surface area contributed by atoms with Gasteiger partial charge < -0.3 is 9.84 Å². The normalized spacial score (nSPS) is 17.4. The van der Waals surface area contributed by atoms with Crippen LogP contribution in [0.4, 0.5) is 0 Å². The molecule has 0 aliphatic carbocycles. The minimum absolute atomic E-state index is 0.134. The molecular formula is C6H12O3. The molecule has 0 aromatic carbocycles. The molecular weight excluding hydrogens is 120 g/mol. The highest BCUT2D eigenvalue weighted by molar-refractivity contribution is 5.58. The van der Waals surface area contributed by atoms with Gasteiger partial charge in [0, 0.05) is 0 Å². The lowest BCUT2D eigenvalue weighted by Gasteiger charge is -2.18. The molecule has 0 heterocycles. The van der Waals surface area contributed by atoms with E-state index in [9.17, 15) is 4.79 Å². The lowest BCUT2D eigenvalue weighted by Crippen LogP contribution is -2.32. The summed E-state index contributed by atoms with van der Waals surface area (Å²) in [4.78, 5) is 9.99. The van der Waals surface area contributed by atoms with E-state index in [1.807, 2.05) is 0 Å². The number of carbonyl (C=O) groups excluding carboxylic acids is 1. The summed E-state index contributed by atoms with van der Waals surface area (Å²) in [7, 11) is 0. The average Bonchev–Trinajstić information content (AvgIpc) is 1.63. The van der Waals surface area contributed by atoms with E-state index in [4.69, 9.17) is 9.84 Å². The Bertz CT molecular complexity index is 96.5. The van der Waals surface area contributed by atoms with Gasteiger partial charge in [0.15, 0.2) is 6.29 Å². The predicted molar refractivity (Wildman–Crippen MR) is 32.9 cm³/mol. The molecule has 3 nitrogen and oxygen atoms in total. The average molecular weight is 132 g/mol. The smallest absolute Gasteiger partial charge is 0.220 e. The third-order valence-electron chi connectivity index (χ3n) is 0.693. The first-order valence-corrected chi connectivity index (χ1v) is 2.84. The van der Waals surface area contributed by atoms with Gasteiger partial charge in [-0.3, -0.25) is 4.79 Å². The summed E-state index contributed by atoms with van der Waals surface area (Å²) in [6.45, 7) is 4.80. The molecule has 0 saturated carbocycles. The van der Waals surface area contributed by atoms with E-state index >= 15 is 0 Å². The lowest BCUT2D eigenvalue weighted by atomic mass is 10.3. The van der Waals surface area contributed by atoms with Crippen molar-refractivity contribution in [3.8, 4) is 0 Å². The highest BCUT2D eigenvalue weighted by Gasteiger charge is 2.20. The first kappa shape index (κ1) is 8.59. The Labute approximate surface area is 54.6 Å². The highest BCUT2D eigenvalue weighted by Crippen LogP contribution is 2.04. The van der Waals surface area contributed by atoms with Crippen LogP contribution in [-0.2, 0) is 9.53 Å². The third kappa shape index (κ3) is 4.12. The second-order valence-electron chi connectivity index (χ2n) is 2.34. The first-order chi connectivity index (χ1) is 3.98. The minimum atomic E-state index is -1.62. The fourth-order valence-corrected chi connectivity index (χ4v) is 0.505. The quantitative estimate of drug-likeness (QED) is 0.444. The van der Waals surface area contributed by atoms with Crippen molar-refractivity contribution in [2.24, 2.45) is 0 Å². The van der Waals surface area contributed by atoms with Gasteiger partial charge in [0.1, 0.15) is 0 Å². The van der Waals surface area contributed by atoms with Crippen LogP contribution in [0.3, 0.4) is 0 Å². The number of hydrogen-bond donors (Lipinski definition) is 1. The molecule has 0 bridgehead atoms. The fraction of sp³-hybridized carbons (Fsp3) is 0.833. The van der Waals surface area contributed by atoms with Gasteiger partial charge in [-0.05, 0) is 20.8 Å². The van der Waals surface area contributed by atoms with Crippen molar-refractivity contribution >= 4 is 6.29 Å². The molecule has 0 spiro atoms. The molecule has 1 N–H and O–H groups in total. The van der Waals surface area contributed by atoms with E-state index in [2.05, 4.69) is 0 Å². The summed E-state index contributed by atoms with van der Waals surface area (Å²) in [6.07, 6.45) is 0.234. The minimum Gasteiger partial charge on any atom is -0.360 e. The monoisotopic (exact) mass is 132 g/mol. The molecule has 54 valence electrons. The Morgan fingerprint density at radius 1 is 1.67 bits per heavy atom. The van der Waals surface area contributed by atoms with Gasteiger partial charge in [-0.25, -0.2) is 0 Å². The van der Waals surface area contributed by atoms with Crippen molar-refractivity contribution in [3.05, 3.63) is 0 Å². The number of hydrogen-bond acceptors (Lipinski definition) is 3. The van der Waals surface area contributed by atoms with Crippen molar-refractivity contribution in [1.29, 1.82) is 0 Å². The van der Waals surface area contributed by atoms with Crippen LogP contribution in [0.25, 0.3) is 0 Å². The second-order valence-corrected chi connectivity index (χ2v) is 2.34. The van der Waals surface area contributed by atoms with Crippen molar-refractivity contribution in [2.75, 3.05) is 0 Å². The van der Waals surface area contributed by atoms with Crippen molar-refractivity contribution in [3.63, 3.8) is 0 Å². The zero-order valence-corrected chi connectivity index (χ0v) is 5.92. The SMILES string of the molecule is CC(C)OC(C)(O)C=O. The number of aldehydes is 1. The first-order valence-electron chi connectivity index (χ1n) is 2.84. The molecule has 0 aromatic heterocycles. The van der Waals surface area contributed by atoms with Crippen LogP contribution in [-0.4, -0.2) is 23.3 Å². The molecule has 1 unspecified atom stereocenters. The van der Waals surface area contributed by atoms with E-state index < -0.39 is 5.79 Å². The van der Waals surface area contributed by atoms with Gasteiger partial charge in [0.25, 0.3) is 0 Å². The lowest BCUT2D eigenvalue weighted by molar-refractivity contribution is -0.198. The van der Waals surface area contributed by atoms with Crippen LogP contribution in [0.2, 0.25) is 0 Å². The summed E-state index contributed by atoms with van der Waals surface area (Å²) in [5.41, 5.74) is 0. The second kappa shape index (κ2) is 2.94. The molecule has 0 radical (unpaired) electrons. The van der Waals surface area contributed by atoms with E-state index in [0.717, 1.165) is 0 Å². The summed E-state index contributed by atoms with van der Waals surface area (Å²) in [5, 5.41) is 8.90. The summed E-state index contributed by atoms with van der Waals surface area (Å²) >= 11 is 0. The van der Waals surface area contributed by atoms with Gasteiger partial charge >= 0.3 is 0 Å². The highest BCUT2D eigenvalue weighted by atomic mass is 16.6. The van der Waals surface area contributed by atoms with E-state index in [1.54, 1.807) is 13.8 Å². The van der Waals surface area contributed by atoms with Crippen molar-refractivity contribution < 1.29 is 14.6 Å². The van der Waals surface area contributed by atoms with Gasteiger partial charge in [0.05, 0.1) is 6.10 Å². The van der Waals surface area contributed by atoms with Crippen molar-refractivity contribution in [1.82, 2.24) is 0 Å². The zero-order chi connectivity index (χ0) is 7.49. The van der Waals surface area contributed by atoms with Gasteiger partial charge in [0.2, 0.25) is 5.79 Å². The summed E-state index contributed by atoms with van der Waals surface area (Å²) in [6, 6.07) is 0. The molecule has 9 heavy (non-hydrogen) atoms. The Kier molecular flexibility index (Phi) is 2.81. The molecule has 0 amide bonds. The van der Waals surface area contributed by atoms with Gasteiger partial charge in [-0.15, -0.1) is 0 Å². The molecule has 0 aliphatic rings. The Morgan fingerprint density at radius 3 is 2.22 bits per heavy atom. The third-order valence-corrected chi connectivity index (χ3v) is 0.693. The van der Waals surface area contributed by atoms with E-state index in [1.165, 1.54) is 6.92 Å². The van der Waals surface area contributed by atoms with Gasteiger partial charge in [-0.1, -0.05) is 0 Å². The number of aliphatic hydroxyl groups is 1. The van der Waals surface area contributed by atoms with Crippen LogP contribution in [0, 0.1) is 0 Å². The number of carbonyl (C=O) groups is 1. The standard InChI is InChI=1S/C6H12O3/c1-5(2)9-6(3,8)4-7/h4-5,8H,1-3H3. The van der Waals surface area contributed by atoms with E-state index in [0.29, 0.717) is 6.29 Å². The maximum Gasteiger partial charge on any atom is 0.220 e. The maximum atomic E-state index is 9.99. The van der Waals surface area contributed by atoms with Gasteiger partial charge in [-0.2, -0.15) is 0 Å². The van der Waals surface area contributed by atoms with Crippen LogP contribution in [0.5, 0.6) is 0 Å². The number of rotatable bonds is 3. The van der Waals surface area contributed by atoms with Crippen LogP contribution >= 0.6 is 0 Å². The predicted octanol–water partition coefficient (Wildman–Crippen LogP) is 0.319. The molecule has 0 saturated heterocycles. The van der Waals surface area contributed by atoms with Crippen LogP contribution in [0.1, 0.15) is 20.8 Å². The summed E-state index contributed by atoms with van der Waals surface area (Å²) in [5.74, 6) is -1.62. The van der Waals surface area contributed by atoms with E-state index in [-0.39, 0.29) is 6.10 Å². The number of ether oxygens (including phenoxy) is 1. The Balaban J connectivity index is 3.71. The molecule has 0 aromatic rings. The topological polar surface area (TPSA) is 46.5 Å². The largest absolute Gasteiger partial charge is 0.360 e.